The van der Waals surface area contributed by atoms with Gasteiger partial charge in [0.25, 0.3) is 0 Å². The first kappa shape index (κ1) is 16.4. The molecule has 0 spiro atoms. The Morgan fingerprint density at radius 1 is 1.40 bits per heavy atom. The second-order valence-corrected chi connectivity index (χ2v) is 5.50. The lowest BCUT2D eigenvalue weighted by atomic mass is 10.1. The first-order valence-corrected chi connectivity index (χ1v) is 6.85. The fourth-order valence-corrected chi connectivity index (χ4v) is 1.77. The maximum atomic E-state index is 13.2. The fourth-order valence-electron chi connectivity index (χ4n) is 1.60. The molecule has 0 heterocycles. The van der Waals surface area contributed by atoms with Gasteiger partial charge in [-0.25, -0.2) is 4.39 Å². The van der Waals surface area contributed by atoms with Crippen molar-refractivity contribution < 1.29 is 9.18 Å². The third-order valence-electron chi connectivity index (χ3n) is 2.70. The quantitative estimate of drug-likeness (QED) is 0.703. The second-order valence-electron chi connectivity index (χ2n) is 5.06. The third kappa shape index (κ3) is 4.77. The van der Waals surface area contributed by atoms with E-state index in [1.165, 1.54) is 18.2 Å². The van der Waals surface area contributed by atoms with Crippen molar-refractivity contribution in [3.63, 3.8) is 0 Å². The third-order valence-corrected chi connectivity index (χ3v) is 2.92. The van der Waals surface area contributed by atoms with Crippen LogP contribution in [-0.2, 0) is 4.79 Å². The van der Waals surface area contributed by atoms with Crippen LogP contribution in [-0.4, -0.2) is 23.5 Å². The molecule has 1 aromatic rings. The van der Waals surface area contributed by atoms with Gasteiger partial charge in [0.05, 0.1) is 0 Å². The molecule has 4 N–H and O–H groups in total. The van der Waals surface area contributed by atoms with Crippen LogP contribution in [0.5, 0.6) is 0 Å². The summed E-state index contributed by atoms with van der Waals surface area (Å²) < 4.78 is 13.2. The number of rotatable bonds is 6. The Hall–Kier alpha value is -1.69. The van der Waals surface area contributed by atoms with Gasteiger partial charge in [0.1, 0.15) is 16.8 Å². The van der Waals surface area contributed by atoms with Crippen LogP contribution in [0.4, 0.5) is 10.1 Å². The highest BCUT2D eigenvalue weighted by molar-refractivity contribution is 7.80. The zero-order chi connectivity index (χ0) is 15.3. The van der Waals surface area contributed by atoms with Gasteiger partial charge in [0, 0.05) is 17.8 Å². The number of carbonyl (C=O) groups excluding carboxylic acids is 1. The van der Waals surface area contributed by atoms with Crippen LogP contribution in [0.2, 0.25) is 0 Å². The van der Waals surface area contributed by atoms with Gasteiger partial charge >= 0.3 is 0 Å². The highest BCUT2D eigenvalue weighted by Crippen LogP contribution is 2.18. The lowest BCUT2D eigenvalue weighted by Gasteiger charge is -2.18. The van der Waals surface area contributed by atoms with Gasteiger partial charge < -0.3 is 16.4 Å². The number of halogens is 1. The Labute approximate surface area is 123 Å². The van der Waals surface area contributed by atoms with E-state index in [2.05, 4.69) is 10.6 Å². The first-order valence-electron chi connectivity index (χ1n) is 6.45. The summed E-state index contributed by atoms with van der Waals surface area (Å²) in [7, 11) is 0. The minimum atomic E-state index is -0.465. The topological polar surface area (TPSA) is 67.2 Å². The number of nitrogens with one attached hydrogen (secondary N) is 2. The summed E-state index contributed by atoms with van der Waals surface area (Å²) in [6, 6.07) is 3.61. The molecule has 0 bridgehead atoms. The average molecular weight is 297 g/mol. The van der Waals surface area contributed by atoms with Gasteiger partial charge in [-0.3, -0.25) is 4.79 Å². The molecule has 0 saturated carbocycles. The van der Waals surface area contributed by atoms with Crippen molar-refractivity contribution in [3.05, 3.63) is 29.6 Å². The zero-order valence-corrected chi connectivity index (χ0v) is 12.7. The van der Waals surface area contributed by atoms with Gasteiger partial charge in [-0.1, -0.05) is 26.1 Å². The number of thiocarbonyl (C=S) groups is 1. The lowest BCUT2D eigenvalue weighted by Crippen LogP contribution is -2.39. The van der Waals surface area contributed by atoms with E-state index in [0.29, 0.717) is 23.7 Å². The van der Waals surface area contributed by atoms with Crippen molar-refractivity contribution in [2.24, 2.45) is 11.7 Å². The Kier molecular flexibility index (Phi) is 5.88. The summed E-state index contributed by atoms with van der Waals surface area (Å²) in [6.45, 7) is 6.37. The van der Waals surface area contributed by atoms with Crippen molar-refractivity contribution in [1.29, 1.82) is 0 Å². The standard InChI is InChI=1S/C14H20FN3OS/c1-8(2)7-17-14(19)9(3)18-12-5-4-10(15)6-11(12)13(16)20/h4-6,8-9,18H,7H2,1-3H3,(H2,16,20)(H,17,19). The van der Waals surface area contributed by atoms with Crippen LogP contribution >= 0.6 is 12.2 Å². The molecule has 1 aromatic carbocycles. The predicted octanol–water partition coefficient (Wildman–Crippen LogP) is 2.03. The molecule has 0 aliphatic rings. The van der Waals surface area contributed by atoms with E-state index in [-0.39, 0.29) is 10.9 Å². The zero-order valence-electron chi connectivity index (χ0n) is 11.9. The van der Waals surface area contributed by atoms with Crippen molar-refractivity contribution in [2.75, 3.05) is 11.9 Å². The Bertz CT molecular complexity index is 505. The average Bonchev–Trinajstić information content (AvgIpc) is 2.37. The molecule has 0 saturated heterocycles. The maximum Gasteiger partial charge on any atom is 0.242 e. The summed E-state index contributed by atoms with van der Waals surface area (Å²) in [4.78, 5) is 12.0. The van der Waals surface area contributed by atoms with Crippen LogP contribution in [0.25, 0.3) is 0 Å². The molecule has 1 amide bonds. The second kappa shape index (κ2) is 7.19. The molecular formula is C14H20FN3OS. The monoisotopic (exact) mass is 297 g/mol. The van der Waals surface area contributed by atoms with Crippen molar-refractivity contribution >= 4 is 28.8 Å². The maximum absolute atomic E-state index is 13.2. The molecular weight excluding hydrogens is 277 g/mol. The molecule has 0 aliphatic carbocycles. The number of nitrogens with two attached hydrogens (primary N) is 1. The smallest absolute Gasteiger partial charge is 0.242 e. The molecule has 0 radical (unpaired) electrons. The highest BCUT2D eigenvalue weighted by Gasteiger charge is 2.15. The molecule has 4 nitrogen and oxygen atoms in total. The van der Waals surface area contributed by atoms with Crippen molar-refractivity contribution in [2.45, 2.75) is 26.8 Å². The summed E-state index contributed by atoms with van der Waals surface area (Å²) in [5, 5.41) is 5.82. The highest BCUT2D eigenvalue weighted by atomic mass is 32.1. The van der Waals surface area contributed by atoms with E-state index in [1.54, 1.807) is 6.92 Å². The Morgan fingerprint density at radius 2 is 2.05 bits per heavy atom. The minimum Gasteiger partial charge on any atom is -0.389 e. The van der Waals surface area contributed by atoms with Gasteiger partial charge in [-0.2, -0.15) is 0 Å². The Morgan fingerprint density at radius 3 is 2.60 bits per heavy atom. The van der Waals surface area contributed by atoms with Gasteiger partial charge in [0.2, 0.25) is 5.91 Å². The van der Waals surface area contributed by atoms with Gasteiger partial charge in [-0.15, -0.1) is 0 Å². The van der Waals surface area contributed by atoms with Gasteiger partial charge in [0.15, 0.2) is 0 Å². The van der Waals surface area contributed by atoms with Crippen LogP contribution < -0.4 is 16.4 Å². The van der Waals surface area contributed by atoms with Gasteiger partial charge in [-0.05, 0) is 31.0 Å². The molecule has 1 atom stereocenters. The first-order chi connectivity index (χ1) is 9.31. The number of benzene rings is 1. The van der Waals surface area contributed by atoms with E-state index < -0.39 is 11.9 Å². The summed E-state index contributed by atoms with van der Waals surface area (Å²) in [5.41, 5.74) is 6.50. The Balaban J connectivity index is 2.77. The van der Waals surface area contributed by atoms with Crippen LogP contribution in [0.3, 0.4) is 0 Å². The SMILES string of the molecule is CC(C)CNC(=O)C(C)Nc1ccc(F)cc1C(N)=S. The summed E-state index contributed by atoms with van der Waals surface area (Å²) >= 11 is 4.88. The normalized spacial score (nSPS) is 12.1. The van der Waals surface area contributed by atoms with Crippen LogP contribution in [0.1, 0.15) is 26.3 Å². The molecule has 0 aliphatic heterocycles. The molecule has 110 valence electrons. The summed E-state index contributed by atoms with van der Waals surface area (Å²) in [5.74, 6) is -0.170. The summed E-state index contributed by atoms with van der Waals surface area (Å²) in [6.07, 6.45) is 0. The fraction of sp³-hybridized carbons (Fsp3) is 0.429. The number of anilines is 1. The molecule has 20 heavy (non-hydrogen) atoms. The number of amides is 1. The van der Waals surface area contributed by atoms with Crippen LogP contribution in [0, 0.1) is 11.7 Å². The van der Waals surface area contributed by atoms with E-state index in [9.17, 15) is 9.18 Å². The largest absolute Gasteiger partial charge is 0.389 e. The molecule has 1 unspecified atom stereocenters. The molecule has 6 heteroatoms. The van der Waals surface area contributed by atoms with Crippen molar-refractivity contribution in [1.82, 2.24) is 5.32 Å². The van der Waals surface area contributed by atoms with E-state index in [1.807, 2.05) is 13.8 Å². The van der Waals surface area contributed by atoms with Crippen molar-refractivity contribution in [3.8, 4) is 0 Å². The molecule has 1 rings (SSSR count). The number of carbonyl (C=O) groups is 1. The molecule has 0 aromatic heterocycles. The van der Waals surface area contributed by atoms with E-state index >= 15 is 0 Å². The molecule has 0 fully saturated rings. The van der Waals surface area contributed by atoms with Crippen LogP contribution in [0.15, 0.2) is 18.2 Å². The predicted molar refractivity (Wildman–Crippen MR) is 83.2 cm³/mol. The number of hydrogen-bond acceptors (Lipinski definition) is 3. The van der Waals surface area contributed by atoms with E-state index in [4.69, 9.17) is 18.0 Å². The number of hydrogen-bond donors (Lipinski definition) is 3. The van der Waals surface area contributed by atoms with E-state index in [0.717, 1.165) is 0 Å². The lowest BCUT2D eigenvalue weighted by molar-refractivity contribution is -0.121. The minimum absolute atomic E-state index is 0.0850.